The molecule has 1 fully saturated rings. The molecular weight excluding hydrogens is 238 g/mol. The van der Waals surface area contributed by atoms with Crippen LogP contribution in [0.25, 0.3) is 0 Å². The zero-order valence-corrected chi connectivity index (χ0v) is 9.02. The Morgan fingerprint density at radius 3 is 2.44 bits per heavy atom. The van der Waals surface area contributed by atoms with Crippen molar-refractivity contribution in [2.45, 2.75) is 23.8 Å². The Balaban J connectivity index is 2.54. The van der Waals surface area contributed by atoms with Crippen LogP contribution >= 0.6 is 0 Å². The van der Waals surface area contributed by atoms with Gasteiger partial charge < -0.3 is 5.32 Å². The molecule has 1 aromatic carbocycles. The predicted molar refractivity (Wildman–Crippen MR) is 54.4 cm³/mol. The highest BCUT2D eigenvalue weighted by Crippen LogP contribution is 2.31. The van der Waals surface area contributed by atoms with E-state index >= 15 is 0 Å². The van der Waals surface area contributed by atoms with Crippen molar-refractivity contribution in [1.29, 1.82) is 0 Å². The molecule has 1 aliphatic carbocycles. The smallest absolute Gasteiger partial charge is 0.240 e. The third kappa shape index (κ3) is 2.14. The quantitative estimate of drug-likeness (QED) is 0.843. The van der Waals surface area contributed by atoms with E-state index in [1.54, 1.807) is 0 Å². The Hall–Kier alpha value is -1.21. The van der Waals surface area contributed by atoms with Gasteiger partial charge in [-0.05, 0) is 25.0 Å². The van der Waals surface area contributed by atoms with Gasteiger partial charge in [0.2, 0.25) is 10.0 Å². The van der Waals surface area contributed by atoms with E-state index in [9.17, 15) is 17.2 Å². The first-order valence-electron chi connectivity index (χ1n) is 4.67. The lowest BCUT2D eigenvalue weighted by atomic mass is 10.3. The van der Waals surface area contributed by atoms with Gasteiger partial charge in [0, 0.05) is 6.04 Å². The van der Waals surface area contributed by atoms with Crippen molar-refractivity contribution in [3.05, 3.63) is 23.8 Å². The number of rotatable bonds is 3. The first-order chi connectivity index (χ1) is 7.39. The lowest BCUT2D eigenvalue weighted by Gasteiger charge is -2.11. The maximum Gasteiger partial charge on any atom is 0.240 e. The second-order valence-electron chi connectivity index (χ2n) is 3.70. The van der Waals surface area contributed by atoms with Crippen LogP contribution in [0.4, 0.5) is 14.5 Å². The minimum Gasteiger partial charge on any atom is -0.379 e. The molecule has 16 heavy (non-hydrogen) atoms. The summed E-state index contributed by atoms with van der Waals surface area (Å²) in [6, 6.07) is 1.70. The summed E-state index contributed by atoms with van der Waals surface area (Å²) in [4.78, 5) is -0.418. The summed E-state index contributed by atoms with van der Waals surface area (Å²) in [5.74, 6) is -2.31. The first kappa shape index (κ1) is 11.3. The number of primary sulfonamides is 1. The summed E-state index contributed by atoms with van der Waals surface area (Å²) < 4.78 is 48.7. The van der Waals surface area contributed by atoms with Crippen LogP contribution in [0.5, 0.6) is 0 Å². The van der Waals surface area contributed by atoms with Crippen LogP contribution in [0, 0.1) is 11.6 Å². The van der Waals surface area contributed by atoms with Gasteiger partial charge in [-0.3, -0.25) is 0 Å². The number of halogens is 2. The highest BCUT2D eigenvalue weighted by molar-refractivity contribution is 7.89. The summed E-state index contributed by atoms with van der Waals surface area (Å²) in [5.41, 5.74) is -0.370. The molecule has 1 saturated carbocycles. The zero-order chi connectivity index (χ0) is 11.9. The minimum absolute atomic E-state index is 0.00296. The fraction of sp³-hybridized carbons (Fsp3) is 0.333. The SMILES string of the molecule is NS(=O)(=O)c1ccc(F)c(F)c1NC1CC1. The van der Waals surface area contributed by atoms with Crippen LogP contribution in [0.2, 0.25) is 0 Å². The topological polar surface area (TPSA) is 72.2 Å². The van der Waals surface area contributed by atoms with Crippen LogP contribution < -0.4 is 10.5 Å². The van der Waals surface area contributed by atoms with Crippen LogP contribution in [0.1, 0.15) is 12.8 Å². The van der Waals surface area contributed by atoms with Gasteiger partial charge in [0.15, 0.2) is 11.6 Å². The van der Waals surface area contributed by atoms with Crippen LogP contribution in [-0.2, 0) is 10.0 Å². The molecule has 7 heteroatoms. The molecule has 88 valence electrons. The van der Waals surface area contributed by atoms with E-state index in [4.69, 9.17) is 5.14 Å². The maximum atomic E-state index is 13.4. The van der Waals surface area contributed by atoms with Crippen molar-refractivity contribution in [2.24, 2.45) is 5.14 Å². The molecule has 0 aliphatic heterocycles. The molecule has 0 amide bonds. The number of anilines is 1. The van der Waals surface area contributed by atoms with E-state index < -0.39 is 26.6 Å². The number of nitrogens with one attached hydrogen (secondary N) is 1. The van der Waals surface area contributed by atoms with Crippen LogP contribution in [-0.4, -0.2) is 14.5 Å². The fourth-order valence-corrected chi connectivity index (χ4v) is 2.03. The molecule has 0 bridgehead atoms. The second-order valence-corrected chi connectivity index (χ2v) is 5.23. The van der Waals surface area contributed by atoms with E-state index in [0.29, 0.717) is 0 Å². The van der Waals surface area contributed by atoms with E-state index in [2.05, 4.69) is 5.32 Å². The Labute approximate surface area is 91.5 Å². The van der Waals surface area contributed by atoms with Gasteiger partial charge in [-0.15, -0.1) is 0 Å². The molecule has 4 nitrogen and oxygen atoms in total. The van der Waals surface area contributed by atoms with Crippen LogP contribution in [0.15, 0.2) is 17.0 Å². The van der Waals surface area contributed by atoms with Crippen molar-refractivity contribution >= 4 is 15.7 Å². The van der Waals surface area contributed by atoms with Crippen molar-refractivity contribution in [2.75, 3.05) is 5.32 Å². The van der Waals surface area contributed by atoms with E-state index in [-0.39, 0.29) is 11.7 Å². The lowest BCUT2D eigenvalue weighted by molar-refractivity contribution is 0.507. The van der Waals surface area contributed by atoms with Crippen molar-refractivity contribution < 1.29 is 17.2 Å². The molecule has 0 spiro atoms. The molecule has 0 heterocycles. The number of hydrogen-bond donors (Lipinski definition) is 2. The molecule has 2 rings (SSSR count). The van der Waals surface area contributed by atoms with Crippen molar-refractivity contribution in [3.63, 3.8) is 0 Å². The molecule has 0 aromatic heterocycles. The standard InChI is InChI=1S/C9H10F2N2O2S/c10-6-3-4-7(16(12,14)15)9(8(6)11)13-5-1-2-5/h3-5,13H,1-2H2,(H2,12,14,15). The third-order valence-corrected chi connectivity index (χ3v) is 3.24. The maximum absolute atomic E-state index is 13.4. The van der Waals surface area contributed by atoms with Crippen molar-refractivity contribution in [1.82, 2.24) is 0 Å². The second kappa shape index (κ2) is 3.67. The summed E-state index contributed by atoms with van der Waals surface area (Å²) >= 11 is 0. The Bertz CT molecular complexity index is 527. The number of benzene rings is 1. The molecule has 1 aliphatic rings. The average Bonchev–Trinajstić information content (AvgIpc) is 2.95. The van der Waals surface area contributed by atoms with Crippen LogP contribution in [0.3, 0.4) is 0 Å². The van der Waals surface area contributed by atoms with E-state index in [1.807, 2.05) is 0 Å². The van der Waals surface area contributed by atoms with Crippen molar-refractivity contribution in [3.8, 4) is 0 Å². The summed E-state index contributed by atoms with van der Waals surface area (Å²) in [7, 11) is -4.06. The highest BCUT2D eigenvalue weighted by Gasteiger charge is 2.27. The van der Waals surface area contributed by atoms with Gasteiger partial charge in [-0.2, -0.15) is 0 Å². The largest absolute Gasteiger partial charge is 0.379 e. The summed E-state index contributed by atoms with van der Waals surface area (Å²) in [6.45, 7) is 0. The predicted octanol–water partition coefficient (Wildman–Crippen LogP) is 1.19. The summed E-state index contributed by atoms with van der Waals surface area (Å²) in [5, 5.41) is 7.54. The van der Waals surface area contributed by atoms with Gasteiger partial charge >= 0.3 is 0 Å². The molecule has 0 saturated heterocycles. The monoisotopic (exact) mass is 248 g/mol. The first-order valence-corrected chi connectivity index (χ1v) is 6.21. The highest BCUT2D eigenvalue weighted by atomic mass is 32.2. The number of nitrogens with two attached hydrogens (primary N) is 1. The summed E-state index contributed by atoms with van der Waals surface area (Å²) in [6.07, 6.45) is 1.61. The van der Waals surface area contributed by atoms with Gasteiger partial charge in [-0.25, -0.2) is 22.3 Å². The van der Waals surface area contributed by atoms with E-state index in [1.165, 1.54) is 0 Å². The van der Waals surface area contributed by atoms with E-state index in [0.717, 1.165) is 25.0 Å². The Morgan fingerprint density at radius 1 is 1.31 bits per heavy atom. The lowest BCUT2D eigenvalue weighted by Crippen LogP contribution is -2.17. The average molecular weight is 248 g/mol. The zero-order valence-electron chi connectivity index (χ0n) is 8.20. The molecule has 0 atom stereocenters. The number of hydrogen-bond acceptors (Lipinski definition) is 3. The molecule has 3 N–H and O–H groups in total. The fourth-order valence-electron chi connectivity index (χ4n) is 1.34. The van der Waals surface area contributed by atoms with Gasteiger partial charge in [-0.1, -0.05) is 0 Å². The normalized spacial score (nSPS) is 16.2. The molecule has 0 unspecified atom stereocenters. The molecule has 0 radical (unpaired) electrons. The van der Waals surface area contributed by atoms with Gasteiger partial charge in [0.25, 0.3) is 0 Å². The van der Waals surface area contributed by atoms with Gasteiger partial charge in [0.05, 0.1) is 5.69 Å². The molecule has 1 aromatic rings. The van der Waals surface area contributed by atoms with Gasteiger partial charge in [0.1, 0.15) is 4.90 Å². The Kier molecular flexibility index (Phi) is 2.59. The Morgan fingerprint density at radius 2 is 1.94 bits per heavy atom. The minimum atomic E-state index is -4.06. The molecular formula is C9H10F2N2O2S. The number of sulfonamides is 1. The third-order valence-electron chi connectivity index (χ3n) is 2.29.